The summed E-state index contributed by atoms with van der Waals surface area (Å²) in [6, 6.07) is 7.54. The second-order valence-electron chi connectivity index (χ2n) is 5.10. The summed E-state index contributed by atoms with van der Waals surface area (Å²) in [6.07, 6.45) is 0. The van der Waals surface area contributed by atoms with Gasteiger partial charge in [-0.05, 0) is 36.1 Å². The number of nitrogens with zero attached hydrogens (tertiary/aromatic N) is 1. The smallest absolute Gasteiger partial charge is 0.347 e. The molecule has 0 aliphatic heterocycles. The first-order valence-electron chi connectivity index (χ1n) is 7.27. The molecule has 0 spiro atoms. The second-order valence-corrected chi connectivity index (χ2v) is 6.02. The molecule has 0 aliphatic carbocycles. The largest absolute Gasteiger partial charge is 0.505 e. The molecular formula is C17H14FNO4S. The molecule has 2 aromatic heterocycles. The lowest BCUT2D eigenvalue weighted by Gasteiger charge is -2.12. The highest BCUT2D eigenvalue weighted by Gasteiger charge is 2.24. The first-order valence-corrected chi connectivity index (χ1v) is 8.15. The molecule has 3 rings (SSSR count). The molecule has 24 heavy (non-hydrogen) atoms. The number of pyridine rings is 1. The fraction of sp³-hybridized carbons (Fsp3) is 0.176. The molecule has 5 nitrogen and oxygen atoms in total. The topological polar surface area (TPSA) is 68.5 Å². The zero-order valence-corrected chi connectivity index (χ0v) is 13.6. The van der Waals surface area contributed by atoms with E-state index in [1.54, 1.807) is 30.5 Å². The quantitative estimate of drug-likeness (QED) is 0.736. The molecule has 124 valence electrons. The van der Waals surface area contributed by atoms with E-state index in [0.29, 0.717) is 15.8 Å². The number of thiophene rings is 1. The van der Waals surface area contributed by atoms with E-state index in [2.05, 4.69) is 0 Å². The maximum absolute atomic E-state index is 13.4. The summed E-state index contributed by atoms with van der Waals surface area (Å²) in [4.78, 5) is 24.8. The summed E-state index contributed by atoms with van der Waals surface area (Å²) >= 11 is 1.21. The normalized spacial score (nSPS) is 10.9. The summed E-state index contributed by atoms with van der Waals surface area (Å²) in [6.45, 7) is 1.78. The Balaban J connectivity index is 2.21. The predicted molar refractivity (Wildman–Crippen MR) is 89.2 cm³/mol. The summed E-state index contributed by atoms with van der Waals surface area (Å²) in [5.74, 6) is -1.66. The molecule has 1 aromatic carbocycles. The molecule has 0 atom stereocenters. The zero-order valence-electron chi connectivity index (χ0n) is 12.8. The van der Waals surface area contributed by atoms with Gasteiger partial charge in [0.2, 0.25) is 0 Å². The molecule has 0 aliphatic rings. The van der Waals surface area contributed by atoms with Gasteiger partial charge in [-0.3, -0.25) is 4.79 Å². The van der Waals surface area contributed by atoms with Crippen molar-refractivity contribution in [1.82, 2.24) is 4.57 Å². The minimum Gasteiger partial charge on any atom is -0.505 e. The number of hydrogen-bond donors (Lipinski definition) is 1. The Morgan fingerprint density at radius 3 is 2.88 bits per heavy atom. The number of ether oxygens (including phenoxy) is 1. The number of carbonyl (C=O) groups excluding carboxylic acids is 1. The maximum Gasteiger partial charge on any atom is 0.347 e. The number of halogens is 1. The van der Waals surface area contributed by atoms with Crippen molar-refractivity contribution < 1.29 is 19.0 Å². The SMILES string of the molecule is CCOC(=O)c1c(O)c2sccc2n(Cc2cccc(F)c2)c1=O. The first-order chi connectivity index (χ1) is 11.5. The highest BCUT2D eigenvalue weighted by molar-refractivity contribution is 7.17. The number of hydrogen-bond acceptors (Lipinski definition) is 5. The van der Waals surface area contributed by atoms with Crippen molar-refractivity contribution in [3.63, 3.8) is 0 Å². The van der Waals surface area contributed by atoms with E-state index in [4.69, 9.17) is 4.74 Å². The van der Waals surface area contributed by atoms with Crippen LogP contribution in [0.4, 0.5) is 4.39 Å². The molecule has 0 amide bonds. The van der Waals surface area contributed by atoms with Crippen molar-refractivity contribution in [2.75, 3.05) is 6.61 Å². The van der Waals surface area contributed by atoms with Gasteiger partial charge >= 0.3 is 5.97 Å². The molecule has 0 saturated heterocycles. The molecule has 7 heteroatoms. The third kappa shape index (κ3) is 2.78. The summed E-state index contributed by atoms with van der Waals surface area (Å²) in [5.41, 5.74) is -0.00535. The van der Waals surface area contributed by atoms with Crippen LogP contribution in [0.25, 0.3) is 10.2 Å². The van der Waals surface area contributed by atoms with E-state index in [0.717, 1.165) is 0 Å². The van der Waals surface area contributed by atoms with Gasteiger partial charge < -0.3 is 14.4 Å². The lowest BCUT2D eigenvalue weighted by Crippen LogP contribution is -2.28. The van der Waals surface area contributed by atoms with Gasteiger partial charge in [0, 0.05) is 0 Å². The Hall–Kier alpha value is -2.67. The molecular weight excluding hydrogens is 333 g/mol. The van der Waals surface area contributed by atoms with Gasteiger partial charge in [0.1, 0.15) is 5.82 Å². The minimum atomic E-state index is -0.872. The van der Waals surface area contributed by atoms with Crippen LogP contribution >= 0.6 is 11.3 Å². The van der Waals surface area contributed by atoms with E-state index in [-0.39, 0.29) is 18.9 Å². The summed E-state index contributed by atoms with van der Waals surface area (Å²) < 4.78 is 20.0. The van der Waals surface area contributed by atoms with Crippen LogP contribution in [0.2, 0.25) is 0 Å². The average molecular weight is 347 g/mol. The fourth-order valence-electron chi connectivity index (χ4n) is 2.51. The van der Waals surface area contributed by atoms with Crippen molar-refractivity contribution in [3.8, 4) is 5.75 Å². The fourth-order valence-corrected chi connectivity index (χ4v) is 3.36. The van der Waals surface area contributed by atoms with Gasteiger partial charge in [0.25, 0.3) is 5.56 Å². The van der Waals surface area contributed by atoms with Crippen LogP contribution in [0.3, 0.4) is 0 Å². The Morgan fingerprint density at radius 1 is 1.38 bits per heavy atom. The minimum absolute atomic E-state index is 0.0799. The van der Waals surface area contributed by atoms with E-state index >= 15 is 0 Å². The molecule has 0 fully saturated rings. The molecule has 1 N–H and O–H groups in total. The van der Waals surface area contributed by atoms with Gasteiger partial charge in [-0.2, -0.15) is 0 Å². The molecule has 0 radical (unpaired) electrons. The number of fused-ring (bicyclic) bond motifs is 1. The number of benzene rings is 1. The zero-order chi connectivity index (χ0) is 17.3. The van der Waals surface area contributed by atoms with Crippen LogP contribution in [0, 0.1) is 5.82 Å². The summed E-state index contributed by atoms with van der Waals surface area (Å²) in [5, 5.41) is 12.0. The van der Waals surface area contributed by atoms with Crippen LogP contribution < -0.4 is 5.56 Å². The van der Waals surface area contributed by atoms with Crippen molar-refractivity contribution in [3.05, 3.63) is 63.0 Å². The van der Waals surface area contributed by atoms with Crippen molar-refractivity contribution in [2.45, 2.75) is 13.5 Å². The van der Waals surface area contributed by atoms with Crippen LogP contribution in [-0.4, -0.2) is 22.2 Å². The molecule has 0 saturated carbocycles. The lowest BCUT2D eigenvalue weighted by molar-refractivity contribution is 0.0520. The highest BCUT2D eigenvalue weighted by atomic mass is 32.1. The van der Waals surface area contributed by atoms with E-state index in [9.17, 15) is 19.1 Å². The van der Waals surface area contributed by atoms with Crippen molar-refractivity contribution >= 4 is 27.5 Å². The number of carbonyl (C=O) groups is 1. The Kier molecular flexibility index (Phi) is 4.35. The Bertz CT molecular complexity index is 976. The van der Waals surface area contributed by atoms with Crippen molar-refractivity contribution in [1.29, 1.82) is 0 Å². The summed E-state index contributed by atoms with van der Waals surface area (Å²) in [7, 11) is 0. The van der Waals surface area contributed by atoms with Crippen LogP contribution in [0.1, 0.15) is 22.8 Å². The van der Waals surface area contributed by atoms with Crippen LogP contribution in [0.5, 0.6) is 5.75 Å². The van der Waals surface area contributed by atoms with E-state index in [1.807, 2.05) is 0 Å². The van der Waals surface area contributed by atoms with Gasteiger partial charge in [-0.1, -0.05) is 12.1 Å². The number of aromatic hydroxyl groups is 1. The number of rotatable bonds is 4. The monoisotopic (exact) mass is 347 g/mol. The van der Waals surface area contributed by atoms with E-state index < -0.39 is 22.9 Å². The van der Waals surface area contributed by atoms with Crippen molar-refractivity contribution in [2.24, 2.45) is 0 Å². The third-order valence-corrected chi connectivity index (χ3v) is 4.47. The van der Waals surface area contributed by atoms with E-state index in [1.165, 1.54) is 28.0 Å². The second kappa shape index (κ2) is 6.45. The predicted octanol–water partition coefficient (Wildman–Crippen LogP) is 3.13. The van der Waals surface area contributed by atoms with Crippen LogP contribution in [-0.2, 0) is 11.3 Å². The molecule has 0 unspecified atom stereocenters. The first kappa shape index (κ1) is 16.2. The van der Waals surface area contributed by atoms with Crippen LogP contribution in [0.15, 0.2) is 40.5 Å². The lowest BCUT2D eigenvalue weighted by atomic mass is 10.2. The Morgan fingerprint density at radius 2 is 2.17 bits per heavy atom. The molecule has 0 bridgehead atoms. The van der Waals surface area contributed by atoms with Gasteiger partial charge in [-0.15, -0.1) is 11.3 Å². The van der Waals surface area contributed by atoms with Gasteiger partial charge in [0.05, 0.1) is 23.4 Å². The molecule has 2 heterocycles. The number of esters is 1. The van der Waals surface area contributed by atoms with Gasteiger partial charge in [0.15, 0.2) is 11.3 Å². The number of aromatic nitrogens is 1. The standard InChI is InChI=1S/C17H14FNO4S/c1-2-23-17(22)13-14(20)15-12(6-7-24-15)19(16(13)21)9-10-4-3-5-11(18)8-10/h3-8,20H,2,9H2,1H3. The average Bonchev–Trinajstić information content (AvgIpc) is 3.02. The Labute approximate surface area is 140 Å². The maximum atomic E-state index is 13.4. The third-order valence-electron chi connectivity index (χ3n) is 3.56. The highest BCUT2D eigenvalue weighted by Crippen LogP contribution is 2.31. The van der Waals surface area contributed by atoms with Gasteiger partial charge in [-0.25, -0.2) is 9.18 Å². The molecule has 3 aromatic rings.